The van der Waals surface area contributed by atoms with Gasteiger partial charge in [0.25, 0.3) is 0 Å². The van der Waals surface area contributed by atoms with E-state index in [-0.39, 0.29) is 35.3 Å². The molecule has 2 aliphatic heterocycles. The van der Waals surface area contributed by atoms with Gasteiger partial charge in [0.2, 0.25) is 5.91 Å². The lowest BCUT2D eigenvalue weighted by molar-refractivity contribution is -0.274. The first-order chi connectivity index (χ1) is 22.3. The number of carbonyl (C=O) groups is 2. The van der Waals surface area contributed by atoms with Crippen LogP contribution >= 0.6 is 0 Å². The van der Waals surface area contributed by atoms with Gasteiger partial charge in [-0.25, -0.2) is 0 Å². The molecule has 1 amide bonds. The molecular weight excluding hydrogens is 613 g/mol. The number of esters is 1. The number of aromatic hydroxyl groups is 1. The maximum absolute atomic E-state index is 14.1. The molecule has 7 rings (SSSR count). The fraction of sp³-hybridized carbons (Fsp3) is 0.556. The van der Waals surface area contributed by atoms with Gasteiger partial charge in [-0.2, -0.15) is 0 Å². The minimum absolute atomic E-state index is 0.0319. The Labute approximate surface area is 272 Å². The Hall–Kier alpha value is -3.73. The molecule has 0 unspecified atom stereocenters. The van der Waals surface area contributed by atoms with E-state index in [4.69, 9.17) is 9.47 Å². The number of halogens is 3. The van der Waals surface area contributed by atoms with Crippen molar-refractivity contribution in [1.82, 2.24) is 9.80 Å². The van der Waals surface area contributed by atoms with Gasteiger partial charge in [0.1, 0.15) is 17.5 Å². The molecule has 0 aromatic heterocycles. The van der Waals surface area contributed by atoms with Gasteiger partial charge < -0.3 is 24.2 Å². The van der Waals surface area contributed by atoms with E-state index in [1.807, 2.05) is 19.9 Å². The Balaban J connectivity index is 1.27. The number of nitrogens with zero attached hydrogens (tertiary/aromatic N) is 2. The normalized spacial score (nSPS) is 29.4. The van der Waals surface area contributed by atoms with Gasteiger partial charge in [0.05, 0.1) is 17.5 Å². The maximum atomic E-state index is 14.1. The summed E-state index contributed by atoms with van der Waals surface area (Å²) in [6.45, 7) is 7.65. The zero-order chi connectivity index (χ0) is 33.3. The molecule has 8 nitrogen and oxygen atoms in total. The number of ether oxygens (including phenoxy) is 3. The van der Waals surface area contributed by atoms with Crippen LogP contribution in [0.25, 0.3) is 6.08 Å². The Kier molecular flexibility index (Phi) is 7.76. The molecule has 3 aliphatic carbocycles. The predicted octanol–water partition coefficient (Wildman–Crippen LogP) is 5.99. The third-order valence-electron chi connectivity index (χ3n) is 10.8. The van der Waals surface area contributed by atoms with Gasteiger partial charge in [-0.05, 0) is 92.3 Å². The highest BCUT2D eigenvalue weighted by atomic mass is 19.4. The second-order valence-electron chi connectivity index (χ2n) is 14.3. The van der Waals surface area contributed by atoms with Crippen molar-refractivity contribution in [2.24, 2.45) is 11.8 Å². The number of phenols is 1. The Morgan fingerprint density at radius 3 is 2.66 bits per heavy atom. The van der Waals surface area contributed by atoms with Crippen molar-refractivity contribution in [1.29, 1.82) is 0 Å². The van der Waals surface area contributed by atoms with E-state index >= 15 is 0 Å². The highest BCUT2D eigenvalue weighted by Crippen LogP contribution is 2.67. The summed E-state index contributed by atoms with van der Waals surface area (Å²) in [5, 5.41) is 11.1. The molecule has 5 aliphatic rings. The van der Waals surface area contributed by atoms with Crippen molar-refractivity contribution >= 4 is 18.0 Å². The summed E-state index contributed by atoms with van der Waals surface area (Å²) < 4.78 is 55.8. The van der Waals surface area contributed by atoms with Gasteiger partial charge in [-0.15, -0.1) is 13.2 Å². The molecule has 0 radical (unpaired) electrons. The molecular formula is C36H41F3N2O6. The van der Waals surface area contributed by atoms with E-state index in [9.17, 15) is 27.9 Å². The van der Waals surface area contributed by atoms with Crippen molar-refractivity contribution < 1.29 is 42.1 Å². The van der Waals surface area contributed by atoms with Crippen LogP contribution in [0.15, 0.2) is 42.5 Å². The summed E-state index contributed by atoms with van der Waals surface area (Å²) in [6.07, 6.45) is 2.25. The number of piperidine rings is 1. The van der Waals surface area contributed by atoms with Crippen molar-refractivity contribution in [3.05, 3.63) is 59.2 Å². The van der Waals surface area contributed by atoms with Crippen LogP contribution in [0.3, 0.4) is 0 Å². The third-order valence-corrected chi connectivity index (χ3v) is 10.8. The summed E-state index contributed by atoms with van der Waals surface area (Å²) >= 11 is 0. The standard InChI is InChI=1S/C36H41F3N2O6/c1-21(2)19-41(30(44)12-9-23-5-4-6-26(17-23)47-36(37,38)39)27-13-14-35(46-22(3)42)29-18-25-10-11-28(43)32-31(25)34(35,33(27)45-32)15-16-40(29)20-24-7-8-24/h4-6,9-12,17,21,24,27,29,33,43H,7-8,13-16,18-20H2,1-3H3/t27-,29+,33-,34-,35+/m0/s1. The van der Waals surface area contributed by atoms with E-state index in [1.54, 1.807) is 17.0 Å². The van der Waals surface area contributed by atoms with Gasteiger partial charge in [-0.3, -0.25) is 14.5 Å². The molecule has 2 bridgehead atoms. The van der Waals surface area contributed by atoms with Crippen LogP contribution in [0.2, 0.25) is 0 Å². The van der Waals surface area contributed by atoms with E-state index in [1.165, 1.54) is 50.1 Å². The minimum Gasteiger partial charge on any atom is -0.504 e. The molecule has 5 atom stereocenters. The monoisotopic (exact) mass is 654 g/mol. The van der Waals surface area contributed by atoms with Crippen LogP contribution in [0.1, 0.15) is 69.6 Å². The van der Waals surface area contributed by atoms with Crippen LogP contribution in [0.5, 0.6) is 17.2 Å². The van der Waals surface area contributed by atoms with Crippen molar-refractivity contribution in [2.45, 2.75) is 94.9 Å². The predicted molar refractivity (Wildman–Crippen MR) is 167 cm³/mol. The van der Waals surface area contributed by atoms with Gasteiger partial charge >= 0.3 is 12.3 Å². The van der Waals surface area contributed by atoms with Gasteiger partial charge in [0, 0.05) is 31.7 Å². The summed E-state index contributed by atoms with van der Waals surface area (Å²) in [5.74, 6) is 0.168. The second kappa shape index (κ2) is 11.5. The number of likely N-dealkylation sites (tertiary alicyclic amines) is 1. The highest BCUT2D eigenvalue weighted by Gasteiger charge is 2.75. The van der Waals surface area contributed by atoms with Crippen LogP contribution in [0, 0.1) is 11.8 Å². The Morgan fingerprint density at radius 2 is 1.96 bits per heavy atom. The fourth-order valence-corrected chi connectivity index (χ4v) is 9.07. The molecule has 1 spiro atoms. The van der Waals surface area contributed by atoms with E-state index in [0.29, 0.717) is 49.5 Å². The zero-order valence-corrected chi connectivity index (χ0v) is 26.9. The molecule has 2 saturated carbocycles. The number of rotatable bonds is 9. The number of amides is 1. The molecule has 47 heavy (non-hydrogen) atoms. The first kappa shape index (κ1) is 31.8. The molecule has 252 valence electrons. The average molecular weight is 655 g/mol. The topological polar surface area (TPSA) is 88.5 Å². The summed E-state index contributed by atoms with van der Waals surface area (Å²) in [6, 6.07) is 8.65. The van der Waals surface area contributed by atoms with Crippen molar-refractivity contribution in [3.8, 4) is 17.2 Å². The number of benzene rings is 2. The molecule has 2 aromatic rings. The van der Waals surface area contributed by atoms with Crippen molar-refractivity contribution in [3.63, 3.8) is 0 Å². The molecule has 2 aromatic carbocycles. The summed E-state index contributed by atoms with van der Waals surface area (Å²) in [5.41, 5.74) is 0.719. The molecule has 1 N–H and O–H groups in total. The van der Waals surface area contributed by atoms with Gasteiger partial charge in [0.15, 0.2) is 11.5 Å². The van der Waals surface area contributed by atoms with E-state index in [0.717, 1.165) is 24.2 Å². The largest absolute Gasteiger partial charge is 0.573 e. The zero-order valence-electron chi connectivity index (χ0n) is 26.9. The van der Waals surface area contributed by atoms with E-state index < -0.39 is 29.5 Å². The smallest absolute Gasteiger partial charge is 0.504 e. The first-order valence-corrected chi connectivity index (χ1v) is 16.6. The number of carbonyl (C=O) groups excluding carboxylic acids is 2. The Morgan fingerprint density at radius 1 is 1.17 bits per heavy atom. The quantitative estimate of drug-likeness (QED) is 0.263. The van der Waals surface area contributed by atoms with Gasteiger partial charge in [-0.1, -0.05) is 32.0 Å². The lowest BCUT2D eigenvalue weighted by atomic mass is 9.48. The number of phenolic OH excluding ortho intramolecular Hbond substituents is 1. The highest BCUT2D eigenvalue weighted by molar-refractivity contribution is 5.92. The SMILES string of the molecule is CC(=O)O[C@@]12CC[C@H](N(CC(C)C)C(=O)C=Cc3cccc(OC(F)(F)F)c3)[C@@H]3Oc4c(O)ccc5c4[C@@]31CCN(CC1CC1)[C@@H]2C5. The second-order valence-corrected chi connectivity index (χ2v) is 14.3. The van der Waals surface area contributed by atoms with Crippen LogP contribution in [-0.4, -0.2) is 76.6 Å². The Bertz CT molecular complexity index is 1610. The molecule has 2 heterocycles. The lowest BCUT2D eigenvalue weighted by Crippen LogP contribution is -2.79. The number of hydrogen-bond acceptors (Lipinski definition) is 7. The van der Waals surface area contributed by atoms with Crippen molar-refractivity contribution in [2.75, 3.05) is 19.6 Å². The minimum atomic E-state index is -4.83. The summed E-state index contributed by atoms with van der Waals surface area (Å²) in [7, 11) is 0. The third kappa shape index (κ3) is 5.44. The lowest BCUT2D eigenvalue weighted by Gasteiger charge is -2.65. The fourth-order valence-electron chi connectivity index (χ4n) is 9.07. The first-order valence-electron chi connectivity index (χ1n) is 16.6. The molecule has 11 heteroatoms. The maximum Gasteiger partial charge on any atom is 0.573 e. The summed E-state index contributed by atoms with van der Waals surface area (Å²) in [4.78, 5) is 31.4. The molecule has 1 saturated heterocycles. The number of hydrogen-bond donors (Lipinski definition) is 1. The molecule has 3 fully saturated rings. The average Bonchev–Trinajstić information content (AvgIpc) is 3.73. The van der Waals surface area contributed by atoms with Crippen LogP contribution in [-0.2, 0) is 26.2 Å². The number of alkyl halides is 3. The van der Waals surface area contributed by atoms with E-state index in [2.05, 4.69) is 9.64 Å². The van der Waals surface area contributed by atoms with Crippen LogP contribution < -0.4 is 9.47 Å². The van der Waals surface area contributed by atoms with Crippen LogP contribution in [0.4, 0.5) is 13.2 Å².